The summed E-state index contributed by atoms with van der Waals surface area (Å²) in [4.78, 5) is 10.0. The quantitative estimate of drug-likeness (QED) is 0.347. The zero-order valence-corrected chi connectivity index (χ0v) is 7.63. The molecule has 0 saturated carbocycles. The molecule has 13 heavy (non-hydrogen) atoms. The Morgan fingerprint density at radius 2 is 2.54 bits per heavy atom. The van der Waals surface area contributed by atoms with Crippen molar-refractivity contribution >= 4 is 22.0 Å². The Morgan fingerprint density at radius 1 is 1.77 bits per heavy atom. The van der Waals surface area contributed by atoms with Crippen molar-refractivity contribution < 1.29 is 4.92 Å². The Balaban J connectivity index is 2.61. The van der Waals surface area contributed by atoms with E-state index in [-0.39, 0.29) is 5.69 Å². The standard InChI is InChI=1S/C8H8N2O2S/c1-2-3-5-9-8-7(10(11)12)4-6-13-8/h1,4,6,9H,3,5H2. The van der Waals surface area contributed by atoms with E-state index >= 15 is 0 Å². The van der Waals surface area contributed by atoms with Crippen LogP contribution in [0, 0.1) is 22.5 Å². The summed E-state index contributed by atoms with van der Waals surface area (Å²) in [5.74, 6) is 2.45. The highest BCUT2D eigenvalue weighted by molar-refractivity contribution is 7.14. The lowest BCUT2D eigenvalue weighted by Crippen LogP contribution is -2.00. The van der Waals surface area contributed by atoms with Crippen molar-refractivity contribution in [1.82, 2.24) is 0 Å². The molecule has 4 nitrogen and oxygen atoms in total. The van der Waals surface area contributed by atoms with E-state index in [1.807, 2.05) is 0 Å². The van der Waals surface area contributed by atoms with Gasteiger partial charge in [-0.05, 0) is 5.38 Å². The molecule has 1 N–H and O–H groups in total. The number of anilines is 1. The third-order valence-corrected chi connectivity index (χ3v) is 2.26. The number of rotatable bonds is 4. The number of nitro groups is 1. The molecular formula is C8H8N2O2S. The number of terminal acetylenes is 1. The lowest BCUT2D eigenvalue weighted by molar-refractivity contribution is -0.383. The minimum absolute atomic E-state index is 0.113. The van der Waals surface area contributed by atoms with Gasteiger partial charge in [-0.3, -0.25) is 10.1 Å². The fraction of sp³-hybridized carbons (Fsp3) is 0.250. The molecule has 0 saturated heterocycles. The van der Waals surface area contributed by atoms with Crippen LogP contribution < -0.4 is 5.32 Å². The second kappa shape index (κ2) is 4.48. The maximum atomic E-state index is 10.4. The average molecular weight is 196 g/mol. The lowest BCUT2D eigenvalue weighted by Gasteiger charge is -1.98. The molecule has 0 aliphatic carbocycles. The van der Waals surface area contributed by atoms with Crippen LogP contribution in [0.5, 0.6) is 0 Å². The fourth-order valence-corrected chi connectivity index (χ4v) is 1.61. The van der Waals surface area contributed by atoms with Gasteiger partial charge in [-0.1, -0.05) is 0 Å². The zero-order chi connectivity index (χ0) is 9.68. The summed E-state index contributed by atoms with van der Waals surface area (Å²) in [7, 11) is 0. The van der Waals surface area contributed by atoms with Crippen LogP contribution in [-0.2, 0) is 0 Å². The van der Waals surface area contributed by atoms with Crippen LogP contribution in [0.15, 0.2) is 11.4 Å². The normalized spacial score (nSPS) is 9.15. The first kappa shape index (κ1) is 9.55. The van der Waals surface area contributed by atoms with Gasteiger partial charge in [-0.25, -0.2) is 0 Å². The largest absolute Gasteiger partial charge is 0.370 e. The van der Waals surface area contributed by atoms with Crippen LogP contribution in [0.3, 0.4) is 0 Å². The molecule has 0 radical (unpaired) electrons. The molecule has 0 fully saturated rings. The number of hydrogen-bond acceptors (Lipinski definition) is 4. The van der Waals surface area contributed by atoms with Gasteiger partial charge in [0.1, 0.15) is 0 Å². The van der Waals surface area contributed by atoms with Gasteiger partial charge in [0.15, 0.2) is 5.00 Å². The van der Waals surface area contributed by atoms with E-state index in [9.17, 15) is 10.1 Å². The lowest BCUT2D eigenvalue weighted by atomic mass is 10.4. The molecule has 1 rings (SSSR count). The van der Waals surface area contributed by atoms with Gasteiger partial charge in [0.05, 0.1) is 4.92 Å². The second-order valence-electron chi connectivity index (χ2n) is 2.27. The molecule has 0 aliphatic rings. The minimum atomic E-state index is -0.408. The van der Waals surface area contributed by atoms with E-state index in [4.69, 9.17) is 6.42 Å². The highest BCUT2D eigenvalue weighted by Crippen LogP contribution is 2.29. The Labute approximate surface area is 79.7 Å². The molecule has 68 valence electrons. The third kappa shape index (κ3) is 2.46. The first-order valence-corrected chi connectivity index (χ1v) is 4.53. The van der Waals surface area contributed by atoms with E-state index < -0.39 is 4.92 Å². The van der Waals surface area contributed by atoms with E-state index in [1.54, 1.807) is 5.38 Å². The number of hydrogen-bond donors (Lipinski definition) is 1. The van der Waals surface area contributed by atoms with Gasteiger partial charge in [-0.2, -0.15) is 0 Å². The van der Waals surface area contributed by atoms with E-state index in [0.29, 0.717) is 18.0 Å². The molecule has 1 aromatic rings. The third-order valence-electron chi connectivity index (χ3n) is 1.40. The van der Waals surface area contributed by atoms with Gasteiger partial charge in [-0.15, -0.1) is 23.7 Å². The molecule has 0 amide bonds. The Morgan fingerprint density at radius 3 is 3.15 bits per heavy atom. The second-order valence-corrected chi connectivity index (χ2v) is 3.19. The maximum absolute atomic E-state index is 10.4. The van der Waals surface area contributed by atoms with Gasteiger partial charge in [0.2, 0.25) is 0 Å². The molecule has 1 heterocycles. The fourth-order valence-electron chi connectivity index (χ4n) is 0.827. The van der Waals surface area contributed by atoms with Gasteiger partial charge >= 0.3 is 5.69 Å². The van der Waals surface area contributed by atoms with Crippen molar-refractivity contribution in [2.45, 2.75) is 6.42 Å². The molecule has 0 aromatic carbocycles. The van der Waals surface area contributed by atoms with E-state index in [0.717, 1.165) is 0 Å². The molecule has 5 heteroatoms. The summed E-state index contributed by atoms with van der Waals surface area (Å²) in [5, 5.41) is 15.6. The van der Waals surface area contributed by atoms with Crippen LogP contribution in [0.1, 0.15) is 6.42 Å². The average Bonchev–Trinajstić information content (AvgIpc) is 2.53. The summed E-state index contributed by atoms with van der Waals surface area (Å²) < 4.78 is 0. The van der Waals surface area contributed by atoms with Gasteiger partial charge < -0.3 is 5.32 Å². The maximum Gasteiger partial charge on any atom is 0.303 e. The van der Waals surface area contributed by atoms with Crippen molar-refractivity contribution in [3.8, 4) is 12.3 Å². The topological polar surface area (TPSA) is 55.2 Å². The van der Waals surface area contributed by atoms with Crippen LogP contribution in [0.2, 0.25) is 0 Å². The Bertz CT molecular complexity index is 340. The summed E-state index contributed by atoms with van der Waals surface area (Å²) in [6.45, 7) is 0.567. The summed E-state index contributed by atoms with van der Waals surface area (Å²) >= 11 is 1.31. The first-order valence-electron chi connectivity index (χ1n) is 3.65. The predicted molar refractivity (Wildman–Crippen MR) is 52.9 cm³/mol. The smallest absolute Gasteiger partial charge is 0.303 e. The predicted octanol–water partition coefficient (Wildman–Crippen LogP) is 2.09. The molecule has 0 aliphatic heterocycles. The number of nitrogens with one attached hydrogen (secondary N) is 1. The van der Waals surface area contributed by atoms with E-state index in [2.05, 4.69) is 11.2 Å². The molecule has 0 spiro atoms. The molecule has 0 bridgehead atoms. The highest BCUT2D eigenvalue weighted by atomic mass is 32.1. The van der Waals surface area contributed by atoms with Gasteiger partial charge in [0, 0.05) is 19.0 Å². The van der Waals surface area contributed by atoms with Crippen LogP contribution >= 0.6 is 11.3 Å². The molecule has 0 atom stereocenters. The summed E-state index contributed by atoms with van der Waals surface area (Å²) in [6, 6.07) is 1.48. The summed E-state index contributed by atoms with van der Waals surface area (Å²) in [6.07, 6.45) is 5.61. The van der Waals surface area contributed by atoms with Crippen molar-refractivity contribution in [2.24, 2.45) is 0 Å². The first-order chi connectivity index (χ1) is 6.25. The zero-order valence-electron chi connectivity index (χ0n) is 6.82. The van der Waals surface area contributed by atoms with Crippen molar-refractivity contribution in [3.63, 3.8) is 0 Å². The molecule has 1 aromatic heterocycles. The SMILES string of the molecule is C#CCCNc1sccc1[N+](=O)[O-]. The number of nitrogens with zero attached hydrogens (tertiary/aromatic N) is 1. The minimum Gasteiger partial charge on any atom is -0.370 e. The molecule has 0 unspecified atom stereocenters. The van der Waals surface area contributed by atoms with E-state index in [1.165, 1.54) is 17.4 Å². The van der Waals surface area contributed by atoms with Crippen molar-refractivity contribution in [2.75, 3.05) is 11.9 Å². The highest BCUT2D eigenvalue weighted by Gasteiger charge is 2.13. The Kier molecular flexibility index (Phi) is 3.29. The monoisotopic (exact) mass is 196 g/mol. The van der Waals surface area contributed by atoms with Crippen LogP contribution in [0.25, 0.3) is 0 Å². The van der Waals surface area contributed by atoms with Gasteiger partial charge in [0.25, 0.3) is 0 Å². The van der Waals surface area contributed by atoms with Crippen molar-refractivity contribution in [1.29, 1.82) is 0 Å². The van der Waals surface area contributed by atoms with Crippen LogP contribution in [0.4, 0.5) is 10.7 Å². The van der Waals surface area contributed by atoms with Crippen molar-refractivity contribution in [3.05, 3.63) is 21.6 Å². The Hall–Kier alpha value is -1.54. The molecular weight excluding hydrogens is 188 g/mol. The van der Waals surface area contributed by atoms with Crippen LogP contribution in [-0.4, -0.2) is 11.5 Å². The number of thiophene rings is 1. The summed E-state index contributed by atoms with van der Waals surface area (Å²) in [5.41, 5.74) is 0.113.